The van der Waals surface area contributed by atoms with Crippen molar-refractivity contribution in [2.24, 2.45) is 11.7 Å². The first kappa shape index (κ1) is 12.6. The van der Waals surface area contributed by atoms with Crippen molar-refractivity contribution in [3.8, 4) is 0 Å². The molecule has 1 aromatic heterocycles. The lowest BCUT2D eigenvalue weighted by Gasteiger charge is -2.14. The van der Waals surface area contributed by atoms with E-state index < -0.39 is 0 Å². The molecule has 1 amide bonds. The van der Waals surface area contributed by atoms with Gasteiger partial charge in [-0.05, 0) is 13.8 Å². The molecule has 0 spiro atoms. The third-order valence-electron chi connectivity index (χ3n) is 2.41. The Balaban J connectivity index is 2.28. The molecule has 0 aliphatic heterocycles. The van der Waals surface area contributed by atoms with Gasteiger partial charge in [-0.25, -0.2) is 0 Å². The summed E-state index contributed by atoms with van der Waals surface area (Å²) in [5, 5.41) is 6.43. The van der Waals surface area contributed by atoms with Crippen molar-refractivity contribution in [1.29, 1.82) is 0 Å². The van der Waals surface area contributed by atoms with Gasteiger partial charge in [-0.1, -0.05) is 12.1 Å². The Hall–Kier alpha value is -1.43. The lowest BCUT2D eigenvalue weighted by atomic mass is 10.0. The number of aromatic nitrogens is 2. The average Bonchev–Trinajstić information content (AvgIpc) is 2.62. The van der Waals surface area contributed by atoms with Crippen molar-refractivity contribution < 1.29 is 9.32 Å². The molecule has 0 aromatic carbocycles. The van der Waals surface area contributed by atoms with Crippen LogP contribution in [0.3, 0.4) is 0 Å². The van der Waals surface area contributed by atoms with Gasteiger partial charge in [-0.2, -0.15) is 4.98 Å². The maximum atomic E-state index is 11.5. The maximum absolute atomic E-state index is 11.5. The van der Waals surface area contributed by atoms with Crippen LogP contribution in [0.4, 0.5) is 0 Å². The SMILES string of the molecule is Cc1noc(CCNC(=O)C(C)C(C)N)n1. The van der Waals surface area contributed by atoms with Gasteiger partial charge in [-0.3, -0.25) is 4.79 Å². The molecule has 1 heterocycles. The number of hydrogen-bond donors (Lipinski definition) is 2. The second-order valence-corrected chi connectivity index (χ2v) is 3.92. The molecule has 0 bridgehead atoms. The molecule has 3 N–H and O–H groups in total. The van der Waals surface area contributed by atoms with E-state index in [1.165, 1.54) is 0 Å². The molecule has 0 fully saturated rings. The first-order valence-electron chi connectivity index (χ1n) is 5.33. The molecule has 6 heteroatoms. The molecule has 2 unspecified atom stereocenters. The predicted octanol–water partition coefficient (Wildman–Crippen LogP) is 0.0200. The number of aryl methyl sites for hydroxylation is 1. The van der Waals surface area contributed by atoms with E-state index in [0.29, 0.717) is 24.7 Å². The van der Waals surface area contributed by atoms with Crippen LogP contribution in [0.5, 0.6) is 0 Å². The monoisotopic (exact) mass is 226 g/mol. The van der Waals surface area contributed by atoms with Gasteiger partial charge in [0.2, 0.25) is 11.8 Å². The molecule has 90 valence electrons. The summed E-state index contributed by atoms with van der Waals surface area (Å²) < 4.78 is 4.92. The normalized spacial score (nSPS) is 14.5. The smallest absolute Gasteiger partial charge is 0.228 e. The quantitative estimate of drug-likeness (QED) is 0.738. The minimum Gasteiger partial charge on any atom is -0.355 e. The topological polar surface area (TPSA) is 94.0 Å². The van der Waals surface area contributed by atoms with E-state index in [4.69, 9.17) is 10.3 Å². The van der Waals surface area contributed by atoms with Crippen molar-refractivity contribution in [1.82, 2.24) is 15.5 Å². The second-order valence-electron chi connectivity index (χ2n) is 3.92. The van der Waals surface area contributed by atoms with Gasteiger partial charge in [0.1, 0.15) is 0 Å². The molecule has 0 saturated carbocycles. The third kappa shape index (κ3) is 3.62. The van der Waals surface area contributed by atoms with Gasteiger partial charge in [0.15, 0.2) is 5.82 Å². The highest BCUT2D eigenvalue weighted by Gasteiger charge is 2.16. The van der Waals surface area contributed by atoms with Crippen molar-refractivity contribution >= 4 is 5.91 Å². The summed E-state index contributed by atoms with van der Waals surface area (Å²) in [5.41, 5.74) is 5.62. The zero-order chi connectivity index (χ0) is 12.1. The Morgan fingerprint density at radius 3 is 2.75 bits per heavy atom. The van der Waals surface area contributed by atoms with Gasteiger partial charge in [0, 0.05) is 24.9 Å². The van der Waals surface area contributed by atoms with Crippen LogP contribution in [-0.2, 0) is 11.2 Å². The second kappa shape index (κ2) is 5.60. The van der Waals surface area contributed by atoms with E-state index in [-0.39, 0.29) is 17.9 Å². The Bertz CT molecular complexity index is 348. The first-order valence-corrected chi connectivity index (χ1v) is 5.33. The van der Waals surface area contributed by atoms with E-state index >= 15 is 0 Å². The number of nitrogens with two attached hydrogens (primary N) is 1. The Morgan fingerprint density at radius 1 is 1.56 bits per heavy atom. The van der Waals surface area contributed by atoms with Crippen LogP contribution < -0.4 is 11.1 Å². The fourth-order valence-corrected chi connectivity index (χ4v) is 1.13. The molecule has 6 nitrogen and oxygen atoms in total. The molecule has 1 aromatic rings. The minimum atomic E-state index is -0.190. The van der Waals surface area contributed by atoms with E-state index in [0.717, 1.165) is 0 Å². The van der Waals surface area contributed by atoms with Crippen molar-refractivity contribution in [2.45, 2.75) is 33.2 Å². The molecular weight excluding hydrogens is 208 g/mol. The number of amides is 1. The van der Waals surface area contributed by atoms with Crippen LogP contribution in [0.25, 0.3) is 0 Å². The molecule has 0 aliphatic rings. The van der Waals surface area contributed by atoms with Crippen LogP contribution in [0.2, 0.25) is 0 Å². The average molecular weight is 226 g/mol. The molecular formula is C10H18N4O2. The van der Waals surface area contributed by atoms with Crippen LogP contribution in [0.1, 0.15) is 25.6 Å². The Kier molecular flexibility index (Phi) is 4.42. The highest BCUT2D eigenvalue weighted by molar-refractivity contribution is 5.78. The van der Waals surface area contributed by atoms with Crippen LogP contribution in [-0.4, -0.2) is 28.6 Å². The number of nitrogens with one attached hydrogen (secondary N) is 1. The standard InChI is InChI=1S/C10H18N4O2/c1-6(7(2)11)10(15)12-5-4-9-13-8(3)14-16-9/h6-7H,4-5,11H2,1-3H3,(H,12,15). The van der Waals surface area contributed by atoms with Crippen LogP contribution in [0, 0.1) is 12.8 Å². The fraction of sp³-hybridized carbons (Fsp3) is 0.700. The number of hydrogen-bond acceptors (Lipinski definition) is 5. The van der Waals surface area contributed by atoms with E-state index in [1.807, 2.05) is 6.92 Å². The molecule has 0 saturated heterocycles. The number of nitrogens with zero attached hydrogens (tertiary/aromatic N) is 2. The zero-order valence-corrected chi connectivity index (χ0v) is 9.86. The predicted molar refractivity (Wildman–Crippen MR) is 58.6 cm³/mol. The summed E-state index contributed by atoms with van der Waals surface area (Å²) in [6.45, 7) is 5.85. The van der Waals surface area contributed by atoms with Gasteiger partial charge in [-0.15, -0.1) is 0 Å². The van der Waals surface area contributed by atoms with Gasteiger partial charge >= 0.3 is 0 Å². The Labute approximate surface area is 94.6 Å². The Morgan fingerprint density at radius 2 is 2.25 bits per heavy atom. The summed E-state index contributed by atoms with van der Waals surface area (Å²) in [7, 11) is 0. The van der Waals surface area contributed by atoms with Crippen molar-refractivity contribution in [2.75, 3.05) is 6.54 Å². The fourth-order valence-electron chi connectivity index (χ4n) is 1.13. The van der Waals surface area contributed by atoms with E-state index in [2.05, 4.69) is 15.5 Å². The highest BCUT2D eigenvalue weighted by Crippen LogP contribution is 2.00. The van der Waals surface area contributed by atoms with Crippen LogP contribution in [0.15, 0.2) is 4.52 Å². The molecule has 16 heavy (non-hydrogen) atoms. The largest absolute Gasteiger partial charge is 0.355 e. The summed E-state index contributed by atoms with van der Waals surface area (Å²) >= 11 is 0. The molecule has 1 rings (SSSR count). The number of carbonyl (C=O) groups excluding carboxylic acids is 1. The van der Waals surface area contributed by atoms with Crippen molar-refractivity contribution in [3.63, 3.8) is 0 Å². The summed E-state index contributed by atoms with van der Waals surface area (Å²) in [6.07, 6.45) is 0.540. The molecule has 0 aliphatic carbocycles. The van der Waals surface area contributed by atoms with Crippen LogP contribution >= 0.6 is 0 Å². The minimum absolute atomic E-state index is 0.0498. The summed E-state index contributed by atoms with van der Waals surface area (Å²) in [6, 6.07) is -0.148. The van der Waals surface area contributed by atoms with E-state index in [9.17, 15) is 4.79 Å². The lowest BCUT2D eigenvalue weighted by Crippen LogP contribution is -2.39. The van der Waals surface area contributed by atoms with Gasteiger partial charge < -0.3 is 15.6 Å². The van der Waals surface area contributed by atoms with E-state index in [1.54, 1.807) is 13.8 Å². The zero-order valence-electron chi connectivity index (χ0n) is 9.86. The van der Waals surface area contributed by atoms with Gasteiger partial charge in [0.25, 0.3) is 0 Å². The van der Waals surface area contributed by atoms with Crippen molar-refractivity contribution in [3.05, 3.63) is 11.7 Å². The first-order chi connectivity index (χ1) is 7.50. The summed E-state index contributed by atoms with van der Waals surface area (Å²) in [4.78, 5) is 15.6. The lowest BCUT2D eigenvalue weighted by molar-refractivity contribution is -0.124. The number of carbonyl (C=O) groups is 1. The molecule has 2 atom stereocenters. The van der Waals surface area contributed by atoms with Gasteiger partial charge in [0.05, 0.1) is 0 Å². The molecule has 0 radical (unpaired) electrons. The number of rotatable bonds is 5. The summed E-state index contributed by atoms with van der Waals surface area (Å²) in [5.74, 6) is 0.896. The highest BCUT2D eigenvalue weighted by atomic mass is 16.5. The maximum Gasteiger partial charge on any atom is 0.228 e. The third-order valence-corrected chi connectivity index (χ3v) is 2.41.